The summed E-state index contributed by atoms with van der Waals surface area (Å²) in [6, 6.07) is 41.2. The molecule has 0 N–H and O–H groups in total. The molecule has 1 atom stereocenters. The molecule has 1 aliphatic rings. The largest absolute Gasteiger partial charge is 1.00 e. The first kappa shape index (κ1) is 25.9. The smallest absolute Gasteiger partial charge is 0.119 e. The van der Waals surface area contributed by atoms with Gasteiger partial charge in [-0.1, -0.05) is 100 Å². The van der Waals surface area contributed by atoms with E-state index in [4.69, 9.17) is 0 Å². The monoisotopic (exact) mass is 542 g/mol. The molecule has 35 heavy (non-hydrogen) atoms. The Morgan fingerprint density at radius 3 is 1.40 bits per heavy atom. The standard InChI is InChI=1S/C33H36P.BrH/c1-25(26-21-22-30-31(23-26)33(4,5)24-32(30,2)3)34(27-15-9-6-10-16-27,28-17-11-7-12-18-28)29-19-13-8-14-20-29;/h6-23,25H,24H2,1-5H3;1H/q+1;/p-1. The average Bonchev–Trinajstić information content (AvgIpc) is 3.04. The van der Waals surface area contributed by atoms with Gasteiger partial charge in [0.2, 0.25) is 0 Å². The summed E-state index contributed by atoms with van der Waals surface area (Å²) in [5, 5.41) is 4.33. The summed E-state index contributed by atoms with van der Waals surface area (Å²) in [6.07, 6.45) is 1.20. The molecule has 0 aliphatic heterocycles. The molecule has 0 bridgehead atoms. The Morgan fingerprint density at radius 1 is 0.571 bits per heavy atom. The topological polar surface area (TPSA) is 0 Å². The molecular weight excluding hydrogens is 507 g/mol. The minimum absolute atomic E-state index is 0. The molecule has 0 spiro atoms. The quantitative estimate of drug-likeness (QED) is 0.320. The zero-order valence-electron chi connectivity index (χ0n) is 21.5. The molecule has 4 aromatic rings. The van der Waals surface area contributed by atoms with Gasteiger partial charge in [-0.25, -0.2) is 0 Å². The summed E-state index contributed by atoms with van der Waals surface area (Å²) in [5.74, 6) is 0. The van der Waals surface area contributed by atoms with E-state index in [1.54, 1.807) is 0 Å². The molecule has 1 unspecified atom stereocenters. The van der Waals surface area contributed by atoms with Gasteiger partial charge in [-0.15, -0.1) is 0 Å². The molecule has 0 amide bonds. The molecule has 0 radical (unpaired) electrons. The first-order valence-corrected chi connectivity index (χ1v) is 14.3. The third-order valence-electron chi connectivity index (χ3n) is 7.94. The summed E-state index contributed by atoms with van der Waals surface area (Å²) in [7, 11) is -1.97. The van der Waals surface area contributed by atoms with Crippen molar-refractivity contribution in [3.05, 3.63) is 126 Å². The molecule has 0 heterocycles. The van der Waals surface area contributed by atoms with Crippen molar-refractivity contribution in [3.8, 4) is 0 Å². The summed E-state index contributed by atoms with van der Waals surface area (Å²) in [4.78, 5) is 0. The SMILES string of the molecule is CC(c1ccc2c(c1)C(C)(C)CC2(C)C)[P+](c1ccccc1)(c1ccccc1)c1ccccc1.[Br-]. The molecular formula is C33H36BrP. The summed E-state index contributed by atoms with van der Waals surface area (Å²) >= 11 is 0. The summed E-state index contributed by atoms with van der Waals surface area (Å²) in [6.45, 7) is 12.1. The van der Waals surface area contributed by atoms with E-state index in [0.29, 0.717) is 5.66 Å². The summed E-state index contributed by atoms with van der Waals surface area (Å²) in [5.41, 5.74) is 5.29. The number of hydrogen-bond acceptors (Lipinski definition) is 0. The molecule has 0 nitrogen and oxygen atoms in total. The van der Waals surface area contributed by atoms with Gasteiger partial charge in [-0.3, -0.25) is 0 Å². The predicted molar refractivity (Wildman–Crippen MR) is 151 cm³/mol. The van der Waals surface area contributed by atoms with Gasteiger partial charge in [0, 0.05) is 0 Å². The van der Waals surface area contributed by atoms with Crippen LogP contribution in [0.15, 0.2) is 109 Å². The van der Waals surface area contributed by atoms with Crippen molar-refractivity contribution in [2.45, 2.75) is 57.5 Å². The Morgan fingerprint density at radius 2 is 0.971 bits per heavy atom. The molecule has 4 aromatic carbocycles. The maximum Gasteiger partial charge on any atom is 0.119 e. The molecule has 2 heteroatoms. The van der Waals surface area contributed by atoms with Crippen molar-refractivity contribution in [1.82, 2.24) is 0 Å². The minimum Gasteiger partial charge on any atom is -1.00 e. The Kier molecular flexibility index (Phi) is 7.16. The van der Waals surface area contributed by atoms with Gasteiger partial charge in [-0.05, 0) is 77.3 Å². The molecule has 180 valence electrons. The van der Waals surface area contributed by atoms with Crippen LogP contribution in [0.2, 0.25) is 0 Å². The van der Waals surface area contributed by atoms with Crippen molar-refractivity contribution in [2.75, 3.05) is 0 Å². The second kappa shape index (κ2) is 9.68. The molecule has 1 aliphatic carbocycles. The number of hydrogen-bond donors (Lipinski definition) is 0. The first-order valence-electron chi connectivity index (χ1n) is 12.5. The fraction of sp³-hybridized carbons (Fsp3) is 0.273. The number of halogens is 1. The van der Waals surface area contributed by atoms with Gasteiger partial charge in [0.1, 0.15) is 28.8 Å². The lowest BCUT2D eigenvalue weighted by Crippen LogP contribution is -3.00. The van der Waals surface area contributed by atoms with E-state index in [1.165, 1.54) is 39.0 Å². The Balaban J connectivity index is 0.00000289. The van der Waals surface area contributed by atoms with E-state index in [0.717, 1.165) is 0 Å². The van der Waals surface area contributed by atoms with E-state index >= 15 is 0 Å². The van der Waals surface area contributed by atoms with Gasteiger partial charge >= 0.3 is 0 Å². The van der Waals surface area contributed by atoms with E-state index < -0.39 is 7.26 Å². The number of benzene rings is 4. The van der Waals surface area contributed by atoms with Crippen LogP contribution in [0.25, 0.3) is 0 Å². The highest BCUT2D eigenvalue weighted by Gasteiger charge is 2.51. The summed E-state index contributed by atoms with van der Waals surface area (Å²) < 4.78 is 0. The van der Waals surface area contributed by atoms with Crippen LogP contribution in [-0.2, 0) is 10.8 Å². The highest BCUT2D eigenvalue weighted by atomic mass is 79.9. The second-order valence-electron chi connectivity index (χ2n) is 11.2. The average molecular weight is 544 g/mol. The van der Waals surface area contributed by atoms with Crippen LogP contribution >= 0.6 is 7.26 Å². The van der Waals surface area contributed by atoms with Crippen molar-refractivity contribution in [1.29, 1.82) is 0 Å². The fourth-order valence-electron chi connectivity index (χ4n) is 6.60. The van der Waals surface area contributed by atoms with Crippen LogP contribution in [0.5, 0.6) is 0 Å². The van der Waals surface area contributed by atoms with E-state index in [9.17, 15) is 0 Å². The lowest BCUT2D eigenvalue weighted by Gasteiger charge is -2.34. The lowest BCUT2D eigenvalue weighted by molar-refractivity contribution is -0.00000759. The van der Waals surface area contributed by atoms with Gasteiger partial charge in [0.25, 0.3) is 0 Å². The van der Waals surface area contributed by atoms with Crippen LogP contribution < -0.4 is 32.9 Å². The molecule has 0 fully saturated rings. The Labute approximate surface area is 222 Å². The Hall–Kier alpha value is -2.21. The fourth-order valence-corrected chi connectivity index (χ4v) is 11.4. The van der Waals surface area contributed by atoms with Crippen LogP contribution in [0.4, 0.5) is 0 Å². The van der Waals surface area contributed by atoms with Crippen molar-refractivity contribution in [2.24, 2.45) is 0 Å². The predicted octanol–water partition coefficient (Wildman–Crippen LogP) is 4.70. The van der Waals surface area contributed by atoms with Gasteiger partial charge in [0.05, 0.1) is 0 Å². The normalized spacial score (nSPS) is 16.7. The Bertz CT molecular complexity index is 1180. The zero-order valence-corrected chi connectivity index (χ0v) is 24.0. The van der Waals surface area contributed by atoms with Gasteiger partial charge in [0.15, 0.2) is 0 Å². The van der Waals surface area contributed by atoms with Gasteiger partial charge < -0.3 is 17.0 Å². The molecule has 0 aromatic heterocycles. The van der Waals surface area contributed by atoms with E-state index in [1.807, 2.05) is 0 Å². The third kappa shape index (κ3) is 4.32. The van der Waals surface area contributed by atoms with Crippen molar-refractivity contribution < 1.29 is 17.0 Å². The first-order chi connectivity index (χ1) is 16.3. The maximum absolute atomic E-state index is 2.55. The van der Waals surface area contributed by atoms with Crippen molar-refractivity contribution >= 4 is 23.2 Å². The number of rotatable bonds is 5. The van der Waals surface area contributed by atoms with Crippen LogP contribution in [0.3, 0.4) is 0 Å². The van der Waals surface area contributed by atoms with Crippen molar-refractivity contribution in [3.63, 3.8) is 0 Å². The highest BCUT2D eigenvalue weighted by molar-refractivity contribution is 7.95. The molecule has 0 saturated carbocycles. The van der Waals surface area contributed by atoms with Crippen LogP contribution in [0, 0.1) is 0 Å². The lowest BCUT2D eigenvalue weighted by atomic mass is 9.82. The number of fused-ring (bicyclic) bond motifs is 1. The third-order valence-corrected chi connectivity index (χ3v) is 12.7. The van der Waals surface area contributed by atoms with E-state index in [2.05, 4.69) is 144 Å². The minimum atomic E-state index is -1.97. The molecule has 0 saturated heterocycles. The van der Waals surface area contributed by atoms with Crippen LogP contribution in [0.1, 0.15) is 63.4 Å². The zero-order chi connectivity index (χ0) is 24.0. The molecule has 5 rings (SSSR count). The second-order valence-corrected chi connectivity index (χ2v) is 14.9. The van der Waals surface area contributed by atoms with E-state index in [-0.39, 0.29) is 27.8 Å². The van der Waals surface area contributed by atoms with Crippen LogP contribution in [-0.4, -0.2) is 0 Å². The van der Waals surface area contributed by atoms with Gasteiger partial charge in [-0.2, -0.15) is 0 Å². The highest BCUT2D eigenvalue weighted by Crippen LogP contribution is 2.67. The maximum atomic E-state index is 2.55.